The van der Waals surface area contributed by atoms with E-state index in [1.165, 1.54) is 6.08 Å². The molecule has 0 amide bonds. The number of nitrogens with zero attached hydrogens (tertiary/aromatic N) is 1. The van der Waals surface area contributed by atoms with Crippen LogP contribution < -0.4 is 0 Å². The van der Waals surface area contributed by atoms with Gasteiger partial charge in [0.15, 0.2) is 0 Å². The molecule has 0 atom stereocenters. The third kappa shape index (κ3) is 3.07. The molecule has 1 fully saturated rings. The first-order valence-electron chi connectivity index (χ1n) is 6.05. The molecule has 0 aliphatic carbocycles. The van der Waals surface area contributed by atoms with Gasteiger partial charge >= 0.3 is 7.12 Å². The van der Waals surface area contributed by atoms with Gasteiger partial charge in [-0.2, -0.15) is 0 Å². The molecular formula is C13H16BBrFNO2. The molecule has 2 heterocycles. The molecule has 6 heteroatoms. The van der Waals surface area contributed by atoms with E-state index in [0.717, 1.165) is 4.47 Å². The summed E-state index contributed by atoms with van der Waals surface area (Å²) in [6.07, 6.45) is 2.94. The Bertz CT molecular complexity index is 486. The number of aromatic nitrogens is 1. The van der Waals surface area contributed by atoms with Crippen LogP contribution in [0.4, 0.5) is 4.39 Å². The summed E-state index contributed by atoms with van der Waals surface area (Å²) < 4.78 is 26.2. The van der Waals surface area contributed by atoms with Gasteiger partial charge in [-0.1, -0.05) is 0 Å². The molecule has 1 aliphatic rings. The molecule has 102 valence electrons. The number of rotatable bonds is 2. The predicted octanol–water partition coefficient (Wildman–Crippen LogP) is 3.79. The molecule has 0 saturated carbocycles. The highest BCUT2D eigenvalue weighted by Crippen LogP contribution is 2.38. The highest BCUT2D eigenvalue weighted by atomic mass is 79.9. The van der Waals surface area contributed by atoms with E-state index in [4.69, 9.17) is 9.31 Å². The van der Waals surface area contributed by atoms with Crippen LogP contribution in [0, 0.1) is 0 Å². The molecule has 1 aliphatic heterocycles. The van der Waals surface area contributed by atoms with Crippen LogP contribution in [-0.2, 0) is 9.31 Å². The molecule has 0 bridgehead atoms. The third-order valence-corrected chi connectivity index (χ3v) is 3.98. The Labute approximate surface area is 121 Å². The summed E-state index contributed by atoms with van der Waals surface area (Å²) in [5.41, 5.74) is -1.05. The van der Waals surface area contributed by atoms with Crippen molar-refractivity contribution in [3.63, 3.8) is 0 Å². The molecule has 1 aromatic rings. The van der Waals surface area contributed by atoms with Gasteiger partial charge in [-0.15, -0.1) is 0 Å². The van der Waals surface area contributed by atoms with Crippen molar-refractivity contribution < 1.29 is 13.7 Å². The van der Waals surface area contributed by atoms with Crippen LogP contribution in [0.15, 0.2) is 28.5 Å². The summed E-state index contributed by atoms with van der Waals surface area (Å²) in [7, 11) is -0.976. The second-order valence-corrected chi connectivity index (χ2v) is 6.43. The van der Waals surface area contributed by atoms with E-state index in [1.54, 1.807) is 18.3 Å². The van der Waals surface area contributed by atoms with Gasteiger partial charge in [-0.3, -0.25) is 4.98 Å². The van der Waals surface area contributed by atoms with Crippen molar-refractivity contribution in [2.45, 2.75) is 38.9 Å². The van der Waals surface area contributed by atoms with Crippen molar-refractivity contribution in [3.8, 4) is 0 Å². The summed E-state index contributed by atoms with van der Waals surface area (Å²) >= 11 is 3.28. The highest BCUT2D eigenvalue weighted by Gasteiger charge is 2.53. The molecule has 0 aromatic carbocycles. The first kappa shape index (κ1) is 14.7. The zero-order chi connectivity index (χ0) is 14.3. The minimum Gasteiger partial charge on any atom is -0.398 e. The zero-order valence-corrected chi connectivity index (χ0v) is 13.0. The monoisotopic (exact) mass is 327 g/mol. The third-order valence-electron chi connectivity index (χ3n) is 3.51. The Kier molecular flexibility index (Phi) is 3.86. The van der Waals surface area contributed by atoms with Crippen LogP contribution in [-0.4, -0.2) is 23.3 Å². The van der Waals surface area contributed by atoms with Crippen LogP contribution in [0.5, 0.6) is 0 Å². The standard InChI is InChI=1S/C13H16BBrFNO2/c1-12(2)13(3,4)19-14(18-12)11(16)7-10-6-5-9(15)8-17-10/h5-8H,1-4H3. The fourth-order valence-electron chi connectivity index (χ4n) is 1.64. The number of hydrogen-bond acceptors (Lipinski definition) is 3. The van der Waals surface area contributed by atoms with Gasteiger partial charge in [0.1, 0.15) is 5.73 Å². The number of hydrogen-bond donors (Lipinski definition) is 0. The minimum atomic E-state index is -0.976. The Balaban J connectivity index is 2.17. The highest BCUT2D eigenvalue weighted by molar-refractivity contribution is 9.10. The second-order valence-electron chi connectivity index (χ2n) is 5.52. The summed E-state index contributed by atoms with van der Waals surface area (Å²) in [4.78, 5) is 4.09. The van der Waals surface area contributed by atoms with Gasteiger partial charge in [-0.25, -0.2) is 4.39 Å². The molecule has 1 aromatic heterocycles. The molecule has 0 spiro atoms. The second kappa shape index (κ2) is 5.00. The molecule has 3 nitrogen and oxygen atoms in total. The lowest BCUT2D eigenvalue weighted by atomic mass is 9.87. The van der Waals surface area contributed by atoms with Crippen molar-refractivity contribution in [2.75, 3.05) is 0 Å². The van der Waals surface area contributed by atoms with Gasteiger partial charge in [0.25, 0.3) is 0 Å². The van der Waals surface area contributed by atoms with Crippen LogP contribution in [0.1, 0.15) is 33.4 Å². The van der Waals surface area contributed by atoms with Crippen LogP contribution in [0.3, 0.4) is 0 Å². The Morgan fingerprint density at radius 1 is 1.26 bits per heavy atom. The maximum atomic E-state index is 14.1. The van der Waals surface area contributed by atoms with Gasteiger partial charge in [0.2, 0.25) is 0 Å². The van der Waals surface area contributed by atoms with Crippen molar-refractivity contribution in [3.05, 3.63) is 34.2 Å². The SMILES string of the molecule is CC1(C)OB(C(F)=Cc2ccc(Br)cn2)OC1(C)C. The van der Waals surface area contributed by atoms with Crippen LogP contribution in [0.2, 0.25) is 0 Å². The predicted molar refractivity (Wildman–Crippen MR) is 77.1 cm³/mol. The van der Waals surface area contributed by atoms with E-state index >= 15 is 0 Å². The number of halogens is 2. The van der Waals surface area contributed by atoms with E-state index in [9.17, 15) is 4.39 Å². The molecule has 1 saturated heterocycles. The Morgan fingerprint density at radius 3 is 2.32 bits per heavy atom. The molecule has 0 N–H and O–H groups in total. The molecule has 0 unspecified atom stereocenters. The Hall–Kier alpha value is -0.715. The van der Waals surface area contributed by atoms with Crippen molar-refractivity contribution in [2.24, 2.45) is 0 Å². The lowest BCUT2D eigenvalue weighted by molar-refractivity contribution is 0.00578. The van der Waals surface area contributed by atoms with E-state index < -0.39 is 24.0 Å². The fraction of sp³-hybridized carbons (Fsp3) is 0.462. The van der Waals surface area contributed by atoms with E-state index in [2.05, 4.69) is 20.9 Å². The maximum Gasteiger partial charge on any atom is 0.525 e. The van der Waals surface area contributed by atoms with Crippen molar-refractivity contribution in [1.29, 1.82) is 0 Å². The molecule has 19 heavy (non-hydrogen) atoms. The lowest BCUT2D eigenvalue weighted by Gasteiger charge is -2.32. The topological polar surface area (TPSA) is 31.4 Å². The van der Waals surface area contributed by atoms with Crippen LogP contribution >= 0.6 is 15.9 Å². The minimum absolute atomic E-state index is 0.478. The summed E-state index contributed by atoms with van der Waals surface area (Å²) in [5.74, 6) is 0. The summed E-state index contributed by atoms with van der Waals surface area (Å²) in [5, 5.41) is 0. The molecule has 2 rings (SSSR count). The average Bonchev–Trinajstić information content (AvgIpc) is 2.51. The van der Waals surface area contributed by atoms with Crippen molar-refractivity contribution in [1.82, 2.24) is 4.98 Å². The maximum absolute atomic E-state index is 14.1. The quantitative estimate of drug-likeness (QED) is 0.774. The normalized spacial score (nSPS) is 21.8. The molecular weight excluding hydrogens is 312 g/mol. The smallest absolute Gasteiger partial charge is 0.398 e. The fourth-order valence-corrected chi connectivity index (χ4v) is 1.87. The lowest BCUT2D eigenvalue weighted by Crippen LogP contribution is -2.41. The van der Waals surface area contributed by atoms with Gasteiger partial charge in [0, 0.05) is 10.7 Å². The van der Waals surface area contributed by atoms with Crippen LogP contribution in [0.25, 0.3) is 6.08 Å². The first-order chi connectivity index (χ1) is 8.71. The Morgan fingerprint density at radius 2 is 1.84 bits per heavy atom. The van der Waals surface area contributed by atoms with Crippen molar-refractivity contribution >= 4 is 29.1 Å². The summed E-state index contributed by atoms with van der Waals surface area (Å²) in [6.45, 7) is 7.55. The van der Waals surface area contributed by atoms with Gasteiger partial charge in [-0.05, 0) is 61.8 Å². The van der Waals surface area contributed by atoms with E-state index in [0.29, 0.717) is 5.69 Å². The molecule has 0 radical (unpaired) electrons. The zero-order valence-electron chi connectivity index (χ0n) is 11.4. The summed E-state index contributed by atoms with van der Waals surface area (Å²) in [6, 6.07) is 3.52. The van der Waals surface area contributed by atoms with E-state index in [1.807, 2.05) is 27.7 Å². The average molecular weight is 328 g/mol. The largest absolute Gasteiger partial charge is 0.525 e. The van der Waals surface area contributed by atoms with Gasteiger partial charge < -0.3 is 9.31 Å². The number of pyridine rings is 1. The first-order valence-corrected chi connectivity index (χ1v) is 6.85. The van der Waals surface area contributed by atoms with E-state index in [-0.39, 0.29) is 0 Å². The van der Waals surface area contributed by atoms with Gasteiger partial charge in [0.05, 0.1) is 16.9 Å².